The first-order chi connectivity index (χ1) is 9.67. The fourth-order valence-electron chi connectivity index (χ4n) is 2.68. The van der Waals surface area contributed by atoms with Crippen molar-refractivity contribution in [1.29, 1.82) is 0 Å². The van der Waals surface area contributed by atoms with Crippen LogP contribution in [-0.2, 0) is 0 Å². The van der Waals surface area contributed by atoms with E-state index in [1.54, 1.807) is 19.2 Å². The van der Waals surface area contributed by atoms with Crippen LogP contribution in [0.2, 0.25) is 0 Å². The van der Waals surface area contributed by atoms with Gasteiger partial charge in [-0.15, -0.1) is 0 Å². The molecule has 1 aliphatic carbocycles. The van der Waals surface area contributed by atoms with Crippen molar-refractivity contribution in [3.63, 3.8) is 0 Å². The Balaban J connectivity index is 1.89. The van der Waals surface area contributed by atoms with E-state index in [1.165, 1.54) is 18.9 Å². The van der Waals surface area contributed by atoms with E-state index in [0.29, 0.717) is 11.3 Å². The summed E-state index contributed by atoms with van der Waals surface area (Å²) in [5.41, 5.74) is 0.615. The van der Waals surface area contributed by atoms with Gasteiger partial charge >= 0.3 is 0 Å². The number of rotatable bonds is 8. The second-order valence-electron chi connectivity index (χ2n) is 5.39. The summed E-state index contributed by atoms with van der Waals surface area (Å²) in [6.07, 6.45) is 2.65. The lowest BCUT2D eigenvalue weighted by molar-refractivity contribution is 0.272. The van der Waals surface area contributed by atoms with Crippen molar-refractivity contribution < 1.29 is 9.13 Å². The molecule has 1 fully saturated rings. The Morgan fingerprint density at radius 2 is 2.20 bits per heavy atom. The summed E-state index contributed by atoms with van der Waals surface area (Å²) in [4.78, 5) is 2.48. The van der Waals surface area contributed by atoms with Gasteiger partial charge in [-0.05, 0) is 38.4 Å². The monoisotopic (exact) mass is 280 g/mol. The van der Waals surface area contributed by atoms with Crippen LogP contribution in [0, 0.1) is 5.82 Å². The molecule has 1 aliphatic rings. The minimum Gasteiger partial charge on any atom is -0.496 e. The predicted molar refractivity (Wildman–Crippen MR) is 79.6 cm³/mol. The molecule has 0 amide bonds. The number of hydrogen-bond donors (Lipinski definition) is 1. The Morgan fingerprint density at radius 1 is 1.45 bits per heavy atom. The van der Waals surface area contributed by atoms with Crippen molar-refractivity contribution in [1.82, 2.24) is 10.2 Å². The van der Waals surface area contributed by atoms with Crippen molar-refractivity contribution in [3.8, 4) is 5.75 Å². The van der Waals surface area contributed by atoms with Crippen LogP contribution in [0.15, 0.2) is 18.2 Å². The van der Waals surface area contributed by atoms with E-state index in [0.717, 1.165) is 25.7 Å². The highest BCUT2D eigenvalue weighted by molar-refractivity contribution is 5.36. The van der Waals surface area contributed by atoms with Crippen LogP contribution in [0.25, 0.3) is 0 Å². The third-order valence-corrected chi connectivity index (χ3v) is 3.98. The SMILES string of the molecule is CCN(CCNC(C)c1c(F)cccc1OC)C1CC1. The Bertz CT molecular complexity index is 434. The Hall–Kier alpha value is -1.13. The van der Waals surface area contributed by atoms with Crippen molar-refractivity contribution in [3.05, 3.63) is 29.6 Å². The Labute approximate surface area is 121 Å². The second-order valence-corrected chi connectivity index (χ2v) is 5.39. The van der Waals surface area contributed by atoms with Gasteiger partial charge in [0.25, 0.3) is 0 Å². The molecule has 0 heterocycles. The number of halogens is 1. The molecule has 4 heteroatoms. The first-order valence-corrected chi connectivity index (χ1v) is 7.47. The minimum absolute atomic E-state index is 0.0518. The summed E-state index contributed by atoms with van der Waals surface area (Å²) >= 11 is 0. The maximum atomic E-state index is 13.9. The molecule has 1 N–H and O–H groups in total. The molecule has 3 nitrogen and oxygen atoms in total. The lowest BCUT2D eigenvalue weighted by atomic mass is 10.1. The zero-order valence-corrected chi connectivity index (χ0v) is 12.7. The largest absolute Gasteiger partial charge is 0.496 e. The number of benzene rings is 1. The van der Waals surface area contributed by atoms with Gasteiger partial charge in [-0.3, -0.25) is 4.90 Å². The van der Waals surface area contributed by atoms with Crippen LogP contribution in [0.1, 0.15) is 38.3 Å². The summed E-state index contributed by atoms with van der Waals surface area (Å²) in [6, 6.07) is 5.69. The van der Waals surface area contributed by atoms with Crippen molar-refractivity contribution in [2.45, 2.75) is 38.8 Å². The Morgan fingerprint density at radius 3 is 2.80 bits per heavy atom. The molecule has 20 heavy (non-hydrogen) atoms. The van der Waals surface area contributed by atoms with Crippen LogP contribution in [-0.4, -0.2) is 37.7 Å². The zero-order chi connectivity index (χ0) is 14.5. The first-order valence-electron chi connectivity index (χ1n) is 7.47. The van der Waals surface area contributed by atoms with Crippen LogP contribution in [0.4, 0.5) is 4.39 Å². The van der Waals surface area contributed by atoms with Crippen molar-refractivity contribution in [2.75, 3.05) is 26.7 Å². The molecule has 0 aromatic heterocycles. The van der Waals surface area contributed by atoms with Gasteiger partial charge in [0.05, 0.1) is 7.11 Å². The lowest BCUT2D eigenvalue weighted by Crippen LogP contribution is -2.34. The Kier molecular flexibility index (Phi) is 5.38. The summed E-state index contributed by atoms with van der Waals surface area (Å²) in [6.45, 7) is 7.14. The van der Waals surface area contributed by atoms with Gasteiger partial charge < -0.3 is 10.1 Å². The highest BCUT2D eigenvalue weighted by atomic mass is 19.1. The predicted octanol–water partition coefficient (Wildman–Crippen LogP) is 2.97. The molecule has 0 radical (unpaired) electrons. The quantitative estimate of drug-likeness (QED) is 0.792. The van der Waals surface area contributed by atoms with E-state index in [2.05, 4.69) is 17.1 Å². The molecule has 0 spiro atoms. The van der Waals surface area contributed by atoms with E-state index in [4.69, 9.17) is 4.74 Å². The molecule has 1 saturated carbocycles. The molecule has 0 bridgehead atoms. The number of ether oxygens (including phenoxy) is 1. The molecule has 1 aromatic rings. The van der Waals surface area contributed by atoms with Gasteiger partial charge in [-0.1, -0.05) is 13.0 Å². The maximum absolute atomic E-state index is 13.9. The molecule has 1 aromatic carbocycles. The highest BCUT2D eigenvalue weighted by Gasteiger charge is 2.27. The molecule has 112 valence electrons. The normalized spacial score (nSPS) is 16.4. The highest BCUT2D eigenvalue weighted by Crippen LogP contribution is 2.28. The van der Waals surface area contributed by atoms with Gasteiger partial charge in [0.15, 0.2) is 0 Å². The van der Waals surface area contributed by atoms with Crippen LogP contribution in [0.5, 0.6) is 5.75 Å². The molecule has 0 saturated heterocycles. The lowest BCUT2D eigenvalue weighted by Gasteiger charge is -2.22. The molecule has 0 aliphatic heterocycles. The van der Waals surface area contributed by atoms with Crippen LogP contribution >= 0.6 is 0 Å². The number of nitrogens with zero attached hydrogens (tertiary/aromatic N) is 1. The first kappa shape index (κ1) is 15.3. The van der Waals surface area contributed by atoms with E-state index < -0.39 is 0 Å². The minimum atomic E-state index is -0.209. The molecular formula is C16H25FN2O. The van der Waals surface area contributed by atoms with Gasteiger partial charge in [-0.25, -0.2) is 4.39 Å². The fourth-order valence-corrected chi connectivity index (χ4v) is 2.68. The average Bonchev–Trinajstić information content (AvgIpc) is 3.27. The third kappa shape index (κ3) is 3.70. The van der Waals surface area contributed by atoms with Crippen LogP contribution in [0.3, 0.4) is 0 Å². The van der Waals surface area contributed by atoms with E-state index in [1.807, 2.05) is 6.92 Å². The molecule has 1 atom stereocenters. The van der Waals surface area contributed by atoms with E-state index in [9.17, 15) is 4.39 Å². The summed E-state index contributed by atoms with van der Waals surface area (Å²) in [5.74, 6) is 0.401. The number of nitrogens with one attached hydrogen (secondary N) is 1. The average molecular weight is 280 g/mol. The molecular weight excluding hydrogens is 255 g/mol. The van der Waals surface area contributed by atoms with Gasteiger partial charge in [-0.2, -0.15) is 0 Å². The van der Waals surface area contributed by atoms with Gasteiger partial charge in [0.2, 0.25) is 0 Å². The zero-order valence-electron chi connectivity index (χ0n) is 12.7. The number of methoxy groups -OCH3 is 1. The van der Waals surface area contributed by atoms with Crippen molar-refractivity contribution in [2.24, 2.45) is 0 Å². The summed E-state index contributed by atoms with van der Waals surface area (Å²) in [5, 5.41) is 3.40. The van der Waals surface area contributed by atoms with E-state index >= 15 is 0 Å². The van der Waals surface area contributed by atoms with Gasteiger partial charge in [0.1, 0.15) is 11.6 Å². The third-order valence-electron chi connectivity index (χ3n) is 3.98. The summed E-state index contributed by atoms with van der Waals surface area (Å²) < 4.78 is 19.2. The van der Waals surface area contributed by atoms with Crippen molar-refractivity contribution >= 4 is 0 Å². The fraction of sp³-hybridized carbons (Fsp3) is 0.625. The molecule has 2 rings (SSSR count). The second kappa shape index (κ2) is 7.04. The van der Waals surface area contributed by atoms with Gasteiger partial charge in [0, 0.05) is 30.7 Å². The smallest absolute Gasteiger partial charge is 0.131 e. The van der Waals surface area contributed by atoms with Crippen LogP contribution < -0.4 is 10.1 Å². The summed E-state index contributed by atoms with van der Waals surface area (Å²) in [7, 11) is 1.58. The standard InChI is InChI=1S/C16H25FN2O/c1-4-19(13-8-9-13)11-10-18-12(2)16-14(17)6-5-7-15(16)20-3/h5-7,12-13,18H,4,8-11H2,1-3H3. The number of hydrogen-bond acceptors (Lipinski definition) is 3. The molecule has 1 unspecified atom stereocenters. The van der Waals surface area contributed by atoms with E-state index in [-0.39, 0.29) is 11.9 Å². The topological polar surface area (TPSA) is 24.5 Å². The number of likely N-dealkylation sites (N-methyl/N-ethyl adjacent to an activating group) is 1. The maximum Gasteiger partial charge on any atom is 0.131 e.